The average Bonchev–Trinajstić information content (AvgIpc) is 3.31. The lowest BCUT2D eigenvalue weighted by Crippen LogP contribution is -2.53. The van der Waals surface area contributed by atoms with Crippen LogP contribution >= 0.6 is 0 Å². The molecule has 2 bridgehead atoms. The number of rotatable bonds is 6. The summed E-state index contributed by atoms with van der Waals surface area (Å²) in [5, 5.41) is 12.5. The Hall–Kier alpha value is -1.62. The molecule has 5 nitrogen and oxygen atoms in total. The molecular weight excluding hydrogens is 428 g/mol. The van der Waals surface area contributed by atoms with Crippen molar-refractivity contribution >= 4 is 11.9 Å². The van der Waals surface area contributed by atoms with Crippen LogP contribution in [0, 0.1) is 47.3 Å². The SMILES string of the molecule is CC(C)C1CC[C@@H](C)C[C@H]1[C@@]12C=C[C@H](O1)C(=CC(=O)O[C@@H]1C[C@H](C)CC[C@H]1C(C)C)[C@@H]2C(=O)[O-]. The Bertz CT molecular complexity index is 841. The monoisotopic (exact) mass is 471 g/mol. The first-order valence-corrected chi connectivity index (χ1v) is 13.5. The summed E-state index contributed by atoms with van der Waals surface area (Å²) in [5.74, 6) is 0.182. The maximum atomic E-state index is 13.1. The molecule has 2 heterocycles. The molecule has 5 heteroatoms. The highest BCUT2D eigenvalue weighted by molar-refractivity contribution is 5.87. The number of fused-ring (bicyclic) bond motifs is 2. The van der Waals surface area contributed by atoms with Crippen LogP contribution in [0.5, 0.6) is 0 Å². The van der Waals surface area contributed by atoms with Gasteiger partial charge in [-0.1, -0.05) is 66.5 Å². The fourth-order valence-electron chi connectivity index (χ4n) is 7.51. The summed E-state index contributed by atoms with van der Waals surface area (Å²) in [5.41, 5.74) is -0.433. The summed E-state index contributed by atoms with van der Waals surface area (Å²) in [6, 6.07) is 0. The highest BCUT2D eigenvalue weighted by atomic mass is 16.5. The van der Waals surface area contributed by atoms with Crippen molar-refractivity contribution in [1.29, 1.82) is 0 Å². The third-order valence-corrected chi connectivity index (χ3v) is 9.33. The summed E-state index contributed by atoms with van der Waals surface area (Å²) in [7, 11) is 0. The zero-order chi connectivity index (χ0) is 24.8. The van der Waals surface area contributed by atoms with E-state index >= 15 is 0 Å². The normalized spacial score (nSPS) is 43.1. The van der Waals surface area contributed by atoms with Gasteiger partial charge >= 0.3 is 5.97 Å². The number of carbonyl (C=O) groups excluding carboxylic acids is 2. The summed E-state index contributed by atoms with van der Waals surface area (Å²) in [4.78, 5) is 25.6. The van der Waals surface area contributed by atoms with Crippen LogP contribution in [0.2, 0.25) is 0 Å². The van der Waals surface area contributed by atoms with Crippen LogP contribution in [0.15, 0.2) is 23.8 Å². The van der Waals surface area contributed by atoms with Gasteiger partial charge in [-0.3, -0.25) is 0 Å². The Morgan fingerprint density at radius 1 is 1.03 bits per heavy atom. The van der Waals surface area contributed by atoms with Crippen molar-refractivity contribution in [3.8, 4) is 0 Å². The minimum Gasteiger partial charge on any atom is -0.549 e. The maximum Gasteiger partial charge on any atom is 0.331 e. The molecule has 1 unspecified atom stereocenters. The largest absolute Gasteiger partial charge is 0.549 e. The molecule has 0 spiro atoms. The van der Waals surface area contributed by atoms with Gasteiger partial charge in [0.25, 0.3) is 0 Å². The lowest BCUT2D eigenvalue weighted by atomic mass is 9.59. The van der Waals surface area contributed by atoms with Gasteiger partial charge in [-0.15, -0.1) is 0 Å². The number of esters is 1. The van der Waals surface area contributed by atoms with Gasteiger partial charge < -0.3 is 19.4 Å². The molecule has 4 rings (SSSR count). The summed E-state index contributed by atoms with van der Waals surface area (Å²) < 4.78 is 12.5. The summed E-state index contributed by atoms with van der Waals surface area (Å²) >= 11 is 0. The third-order valence-electron chi connectivity index (χ3n) is 9.33. The minimum atomic E-state index is -1.15. The first kappa shape index (κ1) is 25.5. The standard InChI is InChI=1S/C29H44O5/c1-16(2)20-9-7-18(5)13-23(20)29-12-11-24(34-29)22(27(29)28(31)32)15-26(30)33-25-14-19(6)8-10-21(25)17(3)4/h11-12,15-21,23-25,27H,7-10,13-14H2,1-6H3,(H,31,32)/p-1/t18-,19-,20?,21+,23-,24+,25-,27-,29-/m1/s1. The lowest BCUT2D eigenvalue weighted by molar-refractivity contribution is -0.314. The summed E-state index contributed by atoms with van der Waals surface area (Å²) in [6.07, 6.45) is 11.0. The van der Waals surface area contributed by atoms with Crippen LogP contribution in [0.4, 0.5) is 0 Å². The molecule has 0 N–H and O–H groups in total. The van der Waals surface area contributed by atoms with E-state index in [1.165, 1.54) is 6.08 Å². The van der Waals surface area contributed by atoms with Gasteiger partial charge in [0.1, 0.15) is 11.7 Å². The molecule has 9 atom stereocenters. The van der Waals surface area contributed by atoms with Crippen LogP contribution in [0.1, 0.15) is 80.1 Å². The number of carbonyl (C=O) groups is 2. The maximum absolute atomic E-state index is 13.1. The minimum absolute atomic E-state index is 0.0897. The highest BCUT2D eigenvalue weighted by Gasteiger charge is 2.60. The van der Waals surface area contributed by atoms with E-state index in [-0.39, 0.29) is 12.0 Å². The van der Waals surface area contributed by atoms with Gasteiger partial charge in [0.2, 0.25) is 0 Å². The van der Waals surface area contributed by atoms with Gasteiger partial charge in [0, 0.05) is 6.08 Å². The fourth-order valence-corrected chi connectivity index (χ4v) is 7.51. The van der Waals surface area contributed by atoms with E-state index < -0.39 is 29.6 Å². The number of carboxylic acid groups (broad SMARTS) is 1. The van der Waals surface area contributed by atoms with E-state index in [0.717, 1.165) is 38.5 Å². The lowest BCUT2D eigenvalue weighted by Gasteiger charge is -2.48. The molecule has 34 heavy (non-hydrogen) atoms. The molecule has 1 saturated heterocycles. The molecular formula is C29H43O5-. The van der Waals surface area contributed by atoms with Gasteiger partial charge in [-0.2, -0.15) is 0 Å². The van der Waals surface area contributed by atoms with Crippen LogP contribution in [-0.4, -0.2) is 29.7 Å². The Kier molecular flexibility index (Phi) is 7.34. The fraction of sp³-hybridized carbons (Fsp3) is 0.793. The molecule has 190 valence electrons. The molecule has 2 saturated carbocycles. The van der Waals surface area contributed by atoms with E-state index in [1.807, 2.05) is 12.2 Å². The smallest absolute Gasteiger partial charge is 0.331 e. The topological polar surface area (TPSA) is 75.7 Å². The number of hydrogen-bond donors (Lipinski definition) is 0. The summed E-state index contributed by atoms with van der Waals surface area (Å²) in [6.45, 7) is 13.2. The van der Waals surface area contributed by atoms with Crippen LogP contribution in [0.25, 0.3) is 0 Å². The number of aliphatic carboxylic acids is 1. The quantitative estimate of drug-likeness (QED) is 0.319. The Morgan fingerprint density at radius 2 is 1.65 bits per heavy atom. The zero-order valence-electron chi connectivity index (χ0n) is 21.8. The molecule has 0 radical (unpaired) electrons. The van der Waals surface area contributed by atoms with Crippen molar-refractivity contribution < 1.29 is 24.2 Å². The average molecular weight is 472 g/mol. The van der Waals surface area contributed by atoms with E-state index in [4.69, 9.17) is 9.47 Å². The molecule has 3 fully saturated rings. The molecule has 0 aromatic heterocycles. The van der Waals surface area contributed by atoms with Crippen molar-refractivity contribution in [2.75, 3.05) is 0 Å². The van der Waals surface area contributed by atoms with Crippen molar-refractivity contribution in [3.05, 3.63) is 23.8 Å². The van der Waals surface area contributed by atoms with Gasteiger partial charge in [-0.05, 0) is 72.7 Å². The zero-order valence-corrected chi connectivity index (χ0v) is 21.8. The van der Waals surface area contributed by atoms with Crippen molar-refractivity contribution in [2.45, 2.75) is 97.9 Å². The van der Waals surface area contributed by atoms with Gasteiger partial charge in [-0.25, -0.2) is 4.79 Å². The van der Waals surface area contributed by atoms with E-state index in [9.17, 15) is 14.7 Å². The van der Waals surface area contributed by atoms with E-state index in [1.54, 1.807) is 0 Å². The van der Waals surface area contributed by atoms with Crippen LogP contribution < -0.4 is 5.11 Å². The first-order chi connectivity index (χ1) is 16.0. The predicted molar refractivity (Wildman–Crippen MR) is 129 cm³/mol. The van der Waals surface area contributed by atoms with Crippen molar-refractivity contribution in [2.24, 2.45) is 47.3 Å². The molecule has 2 aliphatic heterocycles. The van der Waals surface area contributed by atoms with Gasteiger partial charge in [0.15, 0.2) is 0 Å². The van der Waals surface area contributed by atoms with Crippen LogP contribution in [-0.2, 0) is 19.1 Å². The van der Waals surface area contributed by atoms with E-state index in [2.05, 4.69) is 41.5 Å². The van der Waals surface area contributed by atoms with Crippen LogP contribution in [0.3, 0.4) is 0 Å². The Morgan fingerprint density at radius 3 is 2.26 bits per heavy atom. The number of carboxylic acids is 1. The molecule has 4 aliphatic rings. The third kappa shape index (κ3) is 4.62. The second-order valence-electron chi connectivity index (χ2n) is 12.4. The molecule has 0 aromatic rings. The highest BCUT2D eigenvalue weighted by Crippen LogP contribution is 2.57. The Labute approximate surface area is 205 Å². The van der Waals surface area contributed by atoms with Crippen molar-refractivity contribution in [1.82, 2.24) is 0 Å². The van der Waals surface area contributed by atoms with Crippen molar-refractivity contribution in [3.63, 3.8) is 0 Å². The first-order valence-electron chi connectivity index (χ1n) is 13.5. The Balaban J connectivity index is 1.60. The molecule has 0 aromatic carbocycles. The second kappa shape index (κ2) is 9.79. The second-order valence-corrected chi connectivity index (χ2v) is 12.4. The number of hydrogen-bond acceptors (Lipinski definition) is 5. The van der Waals surface area contributed by atoms with E-state index in [0.29, 0.717) is 41.1 Å². The molecule has 2 aliphatic carbocycles. The van der Waals surface area contributed by atoms with Gasteiger partial charge in [0.05, 0.1) is 18.0 Å². The molecule has 0 amide bonds. The number of ether oxygens (including phenoxy) is 2. The predicted octanol–water partition coefficient (Wildman–Crippen LogP) is 4.70.